The maximum Gasteiger partial charge on any atom is 0.204 e. The van der Waals surface area contributed by atoms with E-state index in [1.807, 2.05) is 0 Å². The van der Waals surface area contributed by atoms with Gasteiger partial charge in [-0.3, -0.25) is 4.79 Å². The van der Waals surface area contributed by atoms with Crippen molar-refractivity contribution in [1.29, 1.82) is 0 Å². The summed E-state index contributed by atoms with van der Waals surface area (Å²) in [5.41, 5.74) is 14.7. The van der Waals surface area contributed by atoms with Crippen LogP contribution in [0.5, 0.6) is 0 Å². The second-order valence-corrected chi connectivity index (χ2v) is 3.91. The van der Waals surface area contributed by atoms with E-state index >= 15 is 0 Å². The van der Waals surface area contributed by atoms with Crippen LogP contribution in [0, 0.1) is 6.92 Å². The van der Waals surface area contributed by atoms with Gasteiger partial charge in [0.05, 0.1) is 0 Å². The Morgan fingerprint density at radius 1 is 1.06 bits per heavy atom. The third kappa shape index (κ3) is 4.03. The van der Waals surface area contributed by atoms with Crippen molar-refractivity contribution < 1.29 is 4.79 Å². The zero-order valence-electron chi connectivity index (χ0n) is 10.5. The molecule has 0 saturated carbocycles. The molecule has 3 heteroatoms. The first-order valence-electron chi connectivity index (χ1n) is 5.72. The lowest BCUT2D eigenvalue weighted by Crippen LogP contribution is -1.95. The van der Waals surface area contributed by atoms with Crippen molar-refractivity contribution in [2.75, 3.05) is 0 Å². The molecular formula is C15H18N2O. The number of amides is 1. The zero-order chi connectivity index (χ0) is 13.4. The van der Waals surface area contributed by atoms with Crippen molar-refractivity contribution in [2.24, 2.45) is 11.5 Å². The molecule has 2 aromatic carbocycles. The van der Waals surface area contributed by atoms with Crippen LogP contribution in [0.25, 0.3) is 11.1 Å². The summed E-state index contributed by atoms with van der Waals surface area (Å²) in [5, 5.41) is 0. The molecule has 0 atom stereocenters. The molecule has 0 bridgehead atoms. The molecule has 0 aliphatic rings. The average Bonchev–Trinajstić information content (AvgIpc) is 2.40. The van der Waals surface area contributed by atoms with E-state index in [2.05, 4.69) is 61.2 Å². The molecule has 94 valence electrons. The van der Waals surface area contributed by atoms with Gasteiger partial charge in [-0.1, -0.05) is 48.0 Å². The fourth-order valence-electron chi connectivity index (χ4n) is 1.70. The predicted molar refractivity (Wildman–Crippen MR) is 74.8 cm³/mol. The van der Waals surface area contributed by atoms with Crippen LogP contribution < -0.4 is 11.5 Å². The van der Waals surface area contributed by atoms with Crippen LogP contribution in [0.15, 0.2) is 48.5 Å². The molecular weight excluding hydrogens is 224 g/mol. The molecule has 18 heavy (non-hydrogen) atoms. The van der Waals surface area contributed by atoms with Crippen molar-refractivity contribution in [3.63, 3.8) is 0 Å². The highest BCUT2D eigenvalue weighted by atomic mass is 16.1. The Balaban J connectivity index is 0.000000492. The molecule has 3 nitrogen and oxygen atoms in total. The van der Waals surface area contributed by atoms with Crippen LogP contribution >= 0.6 is 0 Å². The zero-order valence-corrected chi connectivity index (χ0v) is 10.5. The summed E-state index contributed by atoms with van der Waals surface area (Å²) in [5.74, 6) is 0. The predicted octanol–water partition coefficient (Wildman–Crippen LogP) is 2.22. The van der Waals surface area contributed by atoms with Gasteiger partial charge in [0.25, 0.3) is 0 Å². The summed E-state index contributed by atoms with van der Waals surface area (Å²) in [4.78, 5) is 8.58. The van der Waals surface area contributed by atoms with Gasteiger partial charge in [-0.15, -0.1) is 0 Å². The maximum absolute atomic E-state index is 8.58. The monoisotopic (exact) mass is 242 g/mol. The number of hydrogen-bond donors (Lipinski definition) is 2. The number of carbonyl (C=O) groups excluding carboxylic acids is 1. The smallest absolute Gasteiger partial charge is 0.204 e. The molecule has 0 spiro atoms. The molecule has 0 heterocycles. The van der Waals surface area contributed by atoms with E-state index in [1.165, 1.54) is 22.3 Å². The maximum atomic E-state index is 8.58. The Labute approximate surface area is 107 Å². The van der Waals surface area contributed by atoms with Crippen LogP contribution in [0.2, 0.25) is 0 Å². The molecule has 4 N–H and O–H groups in total. The normalized spacial score (nSPS) is 9.22. The minimum atomic E-state index is 0.250. The second-order valence-electron chi connectivity index (χ2n) is 3.91. The van der Waals surface area contributed by atoms with Crippen molar-refractivity contribution in [3.05, 3.63) is 59.7 Å². The van der Waals surface area contributed by atoms with Crippen molar-refractivity contribution in [2.45, 2.75) is 13.5 Å². The molecule has 1 amide bonds. The number of primary amides is 1. The van der Waals surface area contributed by atoms with E-state index in [4.69, 9.17) is 10.5 Å². The molecule has 2 rings (SSSR count). The van der Waals surface area contributed by atoms with E-state index in [1.54, 1.807) is 0 Å². The lowest BCUT2D eigenvalue weighted by molar-refractivity contribution is -0.106. The van der Waals surface area contributed by atoms with E-state index in [0.29, 0.717) is 6.54 Å². The van der Waals surface area contributed by atoms with Gasteiger partial charge in [0.1, 0.15) is 0 Å². The summed E-state index contributed by atoms with van der Waals surface area (Å²) in [6.45, 7) is 2.70. The minimum absolute atomic E-state index is 0.250. The molecule has 0 unspecified atom stereocenters. The molecule has 0 aromatic heterocycles. The molecule has 0 radical (unpaired) electrons. The second kappa shape index (κ2) is 7.25. The fraction of sp³-hybridized carbons (Fsp3) is 0.133. The van der Waals surface area contributed by atoms with Crippen LogP contribution in [-0.2, 0) is 11.3 Å². The van der Waals surface area contributed by atoms with E-state index in [-0.39, 0.29) is 6.41 Å². The lowest BCUT2D eigenvalue weighted by Gasteiger charge is -2.04. The highest BCUT2D eigenvalue weighted by molar-refractivity contribution is 5.64. The van der Waals surface area contributed by atoms with Crippen molar-refractivity contribution in [1.82, 2.24) is 0 Å². The standard InChI is InChI=1S/C14H15N.CH3NO/c1-11-4-2-6-13(8-11)14-7-3-5-12(9-14)10-15;2-1-3/h2-9H,10,15H2,1H3;1H,(H2,2,3). The Kier molecular flexibility index (Phi) is 5.61. The third-order valence-corrected chi connectivity index (χ3v) is 2.51. The van der Waals surface area contributed by atoms with Gasteiger partial charge >= 0.3 is 0 Å². The molecule has 0 saturated heterocycles. The highest BCUT2D eigenvalue weighted by Crippen LogP contribution is 2.21. The van der Waals surface area contributed by atoms with Gasteiger partial charge in [0.15, 0.2) is 0 Å². The summed E-state index contributed by atoms with van der Waals surface area (Å²) in [6, 6.07) is 16.9. The Hall–Kier alpha value is -2.13. The van der Waals surface area contributed by atoms with E-state index in [0.717, 1.165) is 0 Å². The van der Waals surface area contributed by atoms with Gasteiger partial charge in [0, 0.05) is 6.54 Å². The van der Waals surface area contributed by atoms with E-state index in [9.17, 15) is 0 Å². The topological polar surface area (TPSA) is 69.1 Å². The number of nitrogens with two attached hydrogens (primary N) is 2. The van der Waals surface area contributed by atoms with Gasteiger partial charge in [-0.2, -0.15) is 0 Å². The quantitative estimate of drug-likeness (QED) is 0.793. The summed E-state index contributed by atoms with van der Waals surface area (Å²) in [6.07, 6.45) is 0.250. The first kappa shape index (κ1) is 13.9. The molecule has 2 aromatic rings. The molecule has 0 aliphatic carbocycles. The summed E-state index contributed by atoms with van der Waals surface area (Å²) in [7, 11) is 0. The van der Waals surface area contributed by atoms with Gasteiger partial charge < -0.3 is 11.5 Å². The van der Waals surface area contributed by atoms with Crippen LogP contribution in [-0.4, -0.2) is 6.41 Å². The molecule has 0 fully saturated rings. The largest absolute Gasteiger partial charge is 0.372 e. The van der Waals surface area contributed by atoms with E-state index < -0.39 is 0 Å². The van der Waals surface area contributed by atoms with Crippen molar-refractivity contribution in [3.8, 4) is 11.1 Å². The highest BCUT2D eigenvalue weighted by Gasteiger charge is 1.98. The lowest BCUT2D eigenvalue weighted by atomic mass is 10.0. The van der Waals surface area contributed by atoms with Crippen molar-refractivity contribution >= 4 is 6.41 Å². The SMILES string of the molecule is Cc1cccc(-c2cccc(CN)c2)c1.NC=O. The van der Waals surface area contributed by atoms with Crippen LogP contribution in [0.3, 0.4) is 0 Å². The number of rotatable bonds is 2. The minimum Gasteiger partial charge on any atom is -0.372 e. The first-order valence-corrected chi connectivity index (χ1v) is 5.72. The van der Waals surface area contributed by atoms with Gasteiger partial charge in [0.2, 0.25) is 6.41 Å². The first-order chi connectivity index (χ1) is 8.71. The Morgan fingerprint density at radius 2 is 1.61 bits per heavy atom. The Bertz CT molecular complexity index is 509. The molecule has 0 aliphatic heterocycles. The van der Waals surface area contributed by atoms with Gasteiger partial charge in [-0.05, 0) is 29.7 Å². The third-order valence-electron chi connectivity index (χ3n) is 2.51. The average molecular weight is 242 g/mol. The fourth-order valence-corrected chi connectivity index (χ4v) is 1.70. The number of hydrogen-bond acceptors (Lipinski definition) is 2. The van der Waals surface area contributed by atoms with Crippen LogP contribution in [0.4, 0.5) is 0 Å². The summed E-state index contributed by atoms with van der Waals surface area (Å²) >= 11 is 0. The Morgan fingerprint density at radius 3 is 2.17 bits per heavy atom. The number of aryl methyl sites for hydroxylation is 1. The number of benzene rings is 2. The van der Waals surface area contributed by atoms with Gasteiger partial charge in [-0.25, -0.2) is 0 Å². The van der Waals surface area contributed by atoms with Crippen LogP contribution in [0.1, 0.15) is 11.1 Å². The summed E-state index contributed by atoms with van der Waals surface area (Å²) < 4.78 is 0. The number of carbonyl (C=O) groups is 1.